The average molecular weight is 450 g/mol. The Kier molecular flexibility index (Phi) is 6.61. The highest BCUT2D eigenvalue weighted by Gasteiger charge is 2.29. The lowest BCUT2D eigenvalue weighted by molar-refractivity contribution is -0.117. The first kappa shape index (κ1) is 21.7. The third kappa shape index (κ3) is 5.79. The van der Waals surface area contributed by atoms with Gasteiger partial charge in [-0.25, -0.2) is 9.78 Å². The average Bonchev–Trinajstić information content (AvgIpc) is 3.55. The Hall–Kier alpha value is -3.52. The van der Waals surface area contributed by atoms with Gasteiger partial charge >= 0.3 is 5.97 Å². The zero-order valence-corrected chi connectivity index (χ0v) is 18.4. The summed E-state index contributed by atoms with van der Waals surface area (Å²) in [6.07, 6.45) is 2.03. The number of nitrogens with zero attached hydrogens (tertiary/aromatic N) is 1. The molecule has 4 rings (SSSR count). The molecule has 0 aliphatic heterocycles. The summed E-state index contributed by atoms with van der Waals surface area (Å²) in [4.78, 5) is 40.7. The van der Waals surface area contributed by atoms with E-state index >= 15 is 0 Å². The Balaban J connectivity index is 1.25. The summed E-state index contributed by atoms with van der Waals surface area (Å²) in [6.45, 7) is 1.96. The molecule has 3 aromatic rings. The monoisotopic (exact) mass is 449 g/mol. The van der Waals surface area contributed by atoms with Gasteiger partial charge in [0.15, 0.2) is 0 Å². The summed E-state index contributed by atoms with van der Waals surface area (Å²) in [5.41, 5.74) is 3.41. The molecule has 164 valence electrons. The van der Waals surface area contributed by atoms with Crippen LogP contribution >= 0.6 is 11.3 Å². The molecule has 1 aliphatic carbocycles. The summed E-state index contributed by atoms with van der Waals surface area (Å²) in [6, 6.07) is 14.2. The molecule has 2 amide bonds. The number of anilines is 2. The van der Waals surface area contributed by atoms with E-state index < -0.39 is 5.97 Å². The number of para-hydroxylation sites is 1. The van der Waals surface area contributed by atoms with E-state index in [4.69, 9.17) is 4.74 Å². The van der Waals surface area contributed by atoms with Crippen molar-refractivity contribution in [3.63, 3.8) is 0 Å². The molecule has 8 heteroatoms. The number of benzene rings is 2. The maximum Gasteiger partial charge on any atom is 0.338 e. The van der Waals surface area contributed by atoms with E-state index in [9.17, 15) is 14.4 Å². The lowest BCUT2D eigenvalue weighted by Crippen LogP contribution is -2.15. The quantitative estimate of drug-likeness (QED) is 0.499. The second-order valence-electron chi connectivity index (χ2n) is 7.69. The SMILES string of the molecule is Cc1ccccc1NC(=O)Cc1nc(COC(=O)c2ccc(NC(=O)C3CC3)cc2)cs1. The number of carbonyl (C=O) groups is 3. The molecule has 0 radical (unpaired) electrons. The molecule has 0 unspecified atom stereocenters. The van der Waals surface area contributed by atoms with Gasteiger partial charge in [0.2, 0.25) is 11.8 Å². The van der Waals surface area contributed by atoms with E-state index in [0.717, 1.165) is 24.1 Å². The van der Waals surface area contributed by atoms with E-state index in [1.54, 1.807) is 29.6 Å². The molecule has 1 aliphatic rings. The third-order valence-corrected chi connectivity index (χ3v) is 5.92. The molecule has 0 bridgehead atoms. The second kappa shape index (κ2) is 9.74. The number of carbonyl (C=O) groups excluding carboxylic acids is 3. The normalized spacial score (nSPS) is 12.8. The molecule has 0 spiro atoms. The van der Waals surface area contributed by atoms with Gasteiger partial charge in [-0.2, -0.15) is 0 Å². The molecule has 0 saturated heterocycles. The van der Waals surface area contributed by atoms with Crippen LogP contribution in [-0.2, 0) is 27.4 Å². The van der Waals surface area contributed by atoms with Crippen LogP contribution in [0.1, 0.15) is 39.5 Å². The maximum atomic E-state index is 12.3. The molecular formula is C24H23N3O4S. The topological polar surface area (TPSA) is 97.4 Å². The van der Waals surface area contributed by atoms with Crippen molar-refractivity contribution in [2.24, 2.45) is 5.92 Å². The molecule has 1 aromatic heterocycles. The van der Waals surface area contributed by atoms with E-state index in [0.29, 0.717) is 22.0 Å². The van der Waals surface area contributed by atoms with Crippen LogP contribution in [0.3, 0.4) is 0 Å². The number of nitrogens with one attached hydrogen (secondary N) is 2. The van der Waals surface area contributed by atoms with E-state index in [1.165, 1.54) is 11.3 Å². The first-order chi connectivity index (χ1) is 15.5. The smallest absolute Gasteiger partial charge is 0.338 e. The molecule has 1 saturated carbocycles. The minimum absolute atomic E-state index is 0.0206. The number of thiazole rings is 1. The molecule has 0 atom stereocenters. The van der Waals surface area contributed by atoms with Gasteiger partial charge in [-0.1, -0.05) is 18.2 Å². The number of ether oxygens (including phenoxy) is 1. The standard InChI is InChI=1S/C24H23N3O4S/c1-15-4-2-3-5-20(15)27-21(28)12-22-25-19(14-32-22)13-31-24(30)17-8-10-18(11-9-17)26-23(29)16-6-7-16/h2-5,8-11,14,16H,6-7,12-13H2,1H3,(H,26,29)(H,27,28). The fourth-order valence-electron chi connectivity index (χ4n) is 3.04. The van der Waals surface area contributed by atoms with Gasteiger partial charge in [-0.15, -0.1) is 11.3 Å². The van der Waals surface area contributed by atoms with Crippen LogP contribution in [0.2, 0.25) is 0 Å². The Morgan fingerprint density at radius 1 is 1.06 bits per heavy atom. The van der Waals surface area contributed by atoms with Gasteiger partial charge in [0.1, 0.15) is 11.6 Å². The number of esters is 1. The number of amides is 2. The molecule has 1 heterocycles. The fraction of sp³-hybridized carbons (Fsp3) is 0.250. The first-order valence-electron chi connectivity index (χ1n) is 10.3. The largest absolute Gasteiger partial charge is 0.456 e. The predicted molar refractivity (Wildman–Crippen MR) is 123 cm³/mol. The van der Waals surface area contributed by atoms with Crippen LogP contribution in [0.25, 0.3) is 0 Å². The number of aryl methyl sites for hydroxylation is 1. The van der Waals surface area contributed by atoms with Crippen LogP contribution in [-0.4, -0.2) is 22.8 Å². The lowest BCUT2D eigenvalue weighted by atomic mass is 10.2. The summed E-state index contributed by atoms with van der Waals surface area (Å²) in [5.74, 6) is -0.480. The highest BCUT2D eigenvalue weighted by atomic mass is 32.1. The van der Waals surface area contributed by atoms with Crippen molar-refractivity contribution >= 4 is 40.5 Å². The van der Waals surface area contributed by atoms with Crippen molar-refractivity contribution in [1.82, 2.24) is 4.98 Å². The van der Waals surface area contributed by atoms with Gasteiger partial charge < -0.3 is 15.4 Å². The number of rotatable bonds is 8. The van der Waals surface area contributed by atoms with Crippen LogP contribution in [0.15, 0.2) is 53.9 Å². The summed E-state index contributed by atoms with van der Waals surface area (Å²) in [7, 11) is 0. The van der Waals surface area contributed by atoms with Crippen molar-refractivity contribution in [3.05, 3.63) is 75.7 Å². The van der Waals surface area contributed by atoms with Crippen molar-refractivity contribution in [3.8, 4) is 0 Å². The van der Waals surface area contributed by atoms with Crippen molar-refractivity contribution in [2.45, 2.75) is 32.8 Å². The highest BCUT2D eigenvalue weighted by Crippen LogP contribution is 2.30. The zero-order chi connectivity index (χ0) is 22.5. The number of hydrogen-bond acceptors (Lipinski definition) is 6. The minimum atomic E-state index is -0.475. The molecule has 2 aromatic carbocycles. The minimum Gasteiger partial charge on any atom is -0.456 e. The Labute approximate surface area is 189 Å². The van der Waals surface area contributed by atoms with Crippen molar-refractivity contribution in [1.29, 1.82) is 0 Å². The number of aromatic nitrogens is 1. The molecule has 2 N–H and O–H groups in total. The zero-order valence-electron chi connectivity index (χ0n) is 17.6. The van der Waals surface area contributed by atoms with Crippen LogP contribution in [0.5, 0.6) is 0 Å². The van der Waals surface area contributed by atoms with Crippen molar-refractivity contribution < 1.29 is 19.1 Å². The number of hydrogen-bond donors (Lipinski definition) is 2. The predicted octanol–water partition coefficient (Wildman–Crippen LogP) is 4.34. The Bertz CT molecular complexity index is 1140. The van der Waals surface area contributed by atoms with Gasteiger partial charge in [0, 0.05) is 22.7 Å². The molecule has 7 nitrogen and oxygen atoms in total. The summed E-state index contributed by atoms with van der Waals surface area (Å²) in [5, 5.41) is 8.14. The van der Waals surface area contributed by atoms with Crippen LogP contribution in [0, 0.1) is 12.8 Å². The maximum absolute atomic E-state index is 12.3. The second-order valence-corrected chi connectivity index (χ2v) is 8.63. The van der Waals surface area contributed by atoms with Gasteiger partial charge in [0.05, 0.1) is 17.7 Å². The third-order valence-electron chi connectivity index (χ3n) is 5.02. The Morgan fingerprint density at radius 3 is 2.53 bits per heavy atom. The summed E-state index contributed by atoms with van der Waals surface area (Å²) >= 11 is 1.35. The van der Waals surface area contributed by atoms with Gasteiger partial charge in [-0.3, -0.25) is 9.59 Å². The molecule has 1 fully saturated rings. The first-order valence-corrected chi connectivity index (χ1v) is 11.2. The van der Waals surface area contributed by atoms with E-state index in [1.807, 2.05) is 31.2 Å². The fourth-order valence-corrected chi connectivity index (χ4v) is 3.82. The Morgan fingerprint density at radius 2 is 1.81 bits per heavy atom. The molecular weight excluding hydrogens is 426 g/mol. The van der Waals surface area contributed by atoms with Crippen LogP contribution < -0.4 is 10.6 Å². The van der Waals surface area contributed by atoms with Gasteiger partial charge in [0.25, 0.3) is 0 Å². The van der Waals surface area contributed by atoms with Crippen LogP contribution in [0.4, 0.5) is 11.4 Å². The van der Waals surface area contributed by atoms with E-state index in [-0.39, 0.29) is 30.8 Å². The van der Waals surface area contributed by atoms with E-state index in [2.05, 4.69) is 15.6 Å². The van der Waals surface area contributed by atoms with Gasteiger partial charge in [-0.05, 0) is 55.7 Å². The summed E-state index contributed by atoms with van der Waals surface area (Å²) < 4.78 is 5.33. The van der Waals surface area contributed by atoms with Crippen molar-refractivity contribution in [2.75, 3.05) is 10.6 Å². The lowest BCUT2D eigenvalue weighted by Gasteiger charge is -2.07. The molecule has 32 heavy (non-hydrogen) atoms. The highest BCUT2D eigenvalue weighted by molar-refractivity contribution is 7.09.